The summed E-state index contributed by atoms with van der Waals surface area (Å²) in [6.07, 6.45) is 1.27. The maximum atomic E-state index is 11.0. The third kappa shape index (κ3) is 4.22. The molecule has 0 aromatic heterocycles. The zero-order valence-corrected chi connectivity index (χ0v) is 9.93. The number of hydrogen-bond donors (Lipinski definition) is 0. The Balaban J connectivity index is 2.84. The minimum absolute atomic E-state index is 0.0183. The molecule has 0 radical (unpaired) electrons. The van der Waals surface area contributed by atoms with Gasteiger partial charge in [0.2, 0.25) is 0 Å². The summed E-state index contributed by atoms with van der Waals surface area (Å²) < 4.78 is 4.72. The lowest BCUT2D eigenvalue weighted by molar-refractivity contribution is -0.141. The Morgan fingerprint density at radius 1 is 1.22 bits per heavy atom. The van der Waals surface area contributed by atoms with Crippen LogP contribution in [-0.4, -0.2) is 25.1 Å². The van der Waals surface area contributed by atoms with Gasteiger partial charge >= 0.3 is 5.97 Å². The molecule has 0 saturated carbocycles. The lowest BCUT2D eigenvalue weighted by Crippen LogP contribution is -2.01. The predicted molar refractivity (Wildman–Crippen MR) is 65.3 cm³/mol. The zero-order chi connectivity index (χ0) is 13.4. The molecule has 0 heterocycles. The molecule has 1 aromatic rings. The number of benzene rings is 1. The van der Waals surface area contributed by atoms with E-state index < -0.39 is 5.97 Å². The molecule has 0 aliphatic heterocycles. The molecule has 0 aliphatic carbocycles. The standard InChI is InChI=1S/C14H12O4/c1-2-18-14(17)5-3-4-11-6-12(9-15)8-13(7-11)10-16/h6-10H,2,5H2,1H3. The van der Waals surface area contributed by atoms with Crippen LogP contribution in [0.5, 0.6) is 0 Å². The van der Waals surface area contributed by atoms with Crippen LogP contribution in [0.15, 0.2) is 18.2 Å². The molecule has 0 saturated heterocycles. The summed E-state index contributed by atoms with van der Waals surface area (Å²) in [4.78, 5) is 32.4. The average Bonchev–Trinajstić information content (AvgIpc) is 2.38. The van der Waals surface area contributed by atoms with Crippen LogP contribution in [0.25, 0.3) is 0 Å². The van der Waals surface area contributed by atoms with Crippen molar-refractivity contribution in [2.24, 2.45) is 0 Å². The van der Waals surface area contributed by atoms with Crippen molar-refractivity contribution in [1.82, 2.24) is 0 Å². The van der Waals surface area contributed by atoms with Crippen molar-refractivity contribution in [3.63, 3.8) is 0 Å². The third-order valence-corrected chi connectivity index (χ3v) is 2.02. The monoisotopic (exact) mass is 244 g/mol. The summed E-state index contributed by atoms with van der Waals surface area (Å²) in [6.45, 7) is 2.03. The van der Waals surface area contributed by atoms with Crippen LogP contribution < -0.4 is 0 Å². The van der Waals surface area contributed by atoms with Gasteiger partial charge < -0.3 is 4.74 Å². The maximum Gasteiger partial charge on any atom is 0.317 e. The highest BCUT2D eigenvalue weighted by Gasteiger charge is 1.99. The molecule has 4 nitrogen and oxygen atoms in total. The quantitative estimate of drug-likeness (QED) is 0.458. The van der Waals surface area contributed by atoms with Crippen LogP contribution in [0.3, 0.4) is 0 Å². The molecule has 0 amide bonds. The van der Waals surface area contributed by atoms with E-state index in [2.05, 4.69) is 11.8 Å². The van der Waals surface area contributed by atoms with E-state index in [-0.39, 0.29) is 6.42 Å². The van der Waals surface area contributed by atoms with Gasteiger partial charge in [-0.15, -0.1) is 0 Å². The Morgan fingerprint density at radius 3 is 2.33 bits per heavy atom. The van der Waals surface area contributed by atoms with E-state index in [9.17, 15) is 14.4 Å². The second-order valence-corrected chi connectivity index (χ2v) is 3.41. The number of ether oxygens (including phenoxy) is 1. The SMILES string of the molecule is CCOC(=O)CC#Cc1cc(C=O)cc(C=O)c1. The van der Waals surface area contributed by atoms with Crippen LogP contribution in [0, 0.1) is 11.8 Å². The number of carbonyl (C=O) groups is 3. The molecule has 1 aromatic carbocycles. The molecule has 0 aliphatic rings. The first kappa shape index (κ1) is 13.7. The van der Waals surface area contributed by atoms with Gasteiger partial charge in [-0.25, -0.2) is 0 Å². The van der Waals surface area contributed by atoms with E-state index in [0.29, 0.717) is 35.9 Å². The fourth-order valence-electron chi connectivity index (χ4n) is 1.32. The predicted octanol–water partition coefficient (Wildman–Crippen LogP) is 1.62. The summed E-state index contributed by atoms with van der Waals surface area (Å²) in [5.41, 5.74) is 1.27. The Hall–Kier alpha value is -2.41. The number of hydrogen-bond acceptors (Lipinski definition) is 4. The fraction of sp³-hybridized carbons (Fsp3) is 0.214. The van der Waals surface area contributed by atoms with Gasteiger partial charge in [0, 0.05) is 16.7 Å². The molecule has 92 valence electrons. The minimum atomic E-state index is -0.396. The van der Waals surface area contributed by atoms with E-state index in [1.165, 1.54) is 6.07 Å². The van der Waals surface area contributed by atoms with Crippen molar-refractivity contribution in [3.8, 4) is 11.8 Å². The van der Waals surface area contributed by atoms with Gasteiger partial charge in [0.25, 0.3) is 0 Å². The molecule has 0 spiro atoms. The van der Waals surface area contributed by atoms with Crippen LogP contribution in [-0.2, 0) is 9.53 Å². The highest BCUT2D eigenvalue weighted by atomic mass is 16.5. The van der Waals surface area contributed by atoms with Gasteiger partial charge in [-0.3, -0.25) is 14.4 Å². The number of carbonyl (C=O) groups excluding carboxylic acids is 3. The van der Waals surface area contributed by atoms with Crippen LogP contribution >= 0.6 is 0 Å². The Labute approximate surface area is 105 Å². The second kappa shape index (κ2) is 7.02. The van der Waals surface area contributed by atoms with Crippen molar-refractivity contribution in [1.29, 1.82) is 0 Å². The smallest absolute Gasteiger partial charge is 0.317 e. The second-order valence-electron chi connectivity index (χ2n) is 3.41. The summed E-state index contributed by atoms with van der Waals surface area (Å²) in [6, 6.07) is 4.58. The van der Waals surface area contributed by atoms with Gasteiger partial charge in [0.05, 0.1) is 6.61 Å². The zero-order valence-electron chi connectivity index (χ0n) is 9.93. The Bertz CT molecular complexity index is 494. The van der Waals surface area contributed by atoms with Gasteiger partial charge in [-0.2, -0.15) is 0 Å². The highest BCUT2D eigenvalue weighted by molar-refractivity contribution is 5.83. The number of rotatable bonds is 4. The highest BCUT2D eigenvalue weighted by Crippen LogP contribution is 2.06. The first-order valence-electron chi connectivity index (χ1n) is 5.39. The van der Waals surface area contributed by atoms with Gasteiger partial charge in [0.1, 0.15) is 19.0 Å². The van der Waals surface area contributed by atoms with E-state index >= 15 is 0 Å². The Morgan fingerprint density at radius 2 is 1.83 bits per heavy atom. The first-order valence-corrected chi connectivity index (χ1v) is 5.39. The van der Waals surface area contributed by atoms with Crippen molar-refractivity contribution in [3.05, 3.63) is 34.9 Å². The lowest BCUT2D eigenvalue weighted by Gasteiger charge is -1.97. The molecule has 1 rings (SSSR count). The first-order chi connectivity index (χ1) is 8.69. The summed E-state index contributed by atoms with van der Waals surface area (Å²) >= 11 is 0. The van der Waals surface area contributed by atoms with Crippen LogP contribution in [0.4, 0.5) is 0 Å². The Kier molecular flexibility index (Phi) is 5.33. The van der Waals surface area contributed by atoms with Crippen molar-refractivity contribution >= 4 is 18.5 Å². The van der Waals surface area contributed by atoms with Gasteiger partial charge in [-0.05, 0) is 25.1 Å². The molecule has 4 heteroatoms. The van der Waals surface area contributed by atoms with Crippen molar-refractivity contribution < 1.29 is 19.1 Å². The normalized spacial score (nSPS) is 8.94. The van der Waals surface area contributed by atoms with E-state index in [4.69, 9.17) is 4.74 Å². The molecule has 18 heavy (non-hydrogen) atoms. The fourth-order valence-corrected chi connectivity index (χ4v) is 1.32. The number of esters is 1. The van der Waals surface area contributed by atoms with E-state index in [1.807, 2.05) is 0 Å². The molecule has 0 bridgehead atoms. The molecular weight excluding hydrogens is 232 g/mol. The average molecular weight is 244 g/mol. The summed E-state index contributed by atoms with van der Waals surface area (Å²) in [5.74, 6) is 4.95. The minimum Gasteiger partial charge on any atom is -0.465 e. The van der Waals surface area contributed by atoms with Gasteiger partial charge in [-0.1, -0.05) is 11.8 Å². The topological polar surface area (TPSA) is 60.4 Å². The van der Waals surface area contributed by atoms with Gasteiger partial charge in [0.15, 0.2) is 0 Å². The summed E-state index contributed by atoms with van der Waals surface area (Å²) in [5, 5.41) is 0. The third-order valence-electron chi connectivity index (χ3n) is 2.02. The molecule has 0 unspecified atom stereocenters. The maximum absolute atomic E-state index is 11.0. The largest absolute Gasteiger partial charge is 0.465 e. The van der Waals surface area contributed by atoms with Crippen molar-refractivity contribution in [2.45, 2.75) is 13.3 Å². The van der Waals surface area contributed by atoms with Crippen LogP contribution in [0.1, 0.15) is 39.6 Å². The van der Waals surface area contributed by atoms with Crippen molar-refractivity contribution in [2.75, 3.05) is 6.61 Å². The van der Waals surface area contributed by atoms with E-state index in [1.54, 1.807) is 19.1 Å². The van der Waals surface area contributed by atoms with E-state index in [0.717, 1.165) is 0 Å². The molecule has 0 atom stereocenters. The lowest BCUT2D eigenvalue weighted by atomic mass is 10.1. The van der Waals surface area contributed by atoms with Crippen LogP contribution in [0.2, 0.25) is 0 Å². The molecule has 0 N–H and O–H groups in total. The number of aldehydes is 2. The molecular formula is C14H12O4. The molecule has 0 fully saturated rings. The summed E-state index contributed by atoms with van der Waals surface area (Å²) in [7, 11) is 0.